The monoisotopic (exact) mass is 280 g/mol. The maximum atomic E-state index is 13.5. The second-order valence-corrected chi connectivity index (χ2v) is 5.23. The Hall–Kier alpha value is -1.46. The summed E-state index contributed by atoms with van der Waals surface area (Å²) < 4.78 is 26.3. The zero-order valence-electron chi connectivity index (χ0n) is 10.4. The predicted octanol–water partition coefficient (Wildman–Crippen LogP) is 3.92. The molecule has 0 aliphatic rings. The molecule has 0 amide bonds. The smallest absolute Gasteiger partial charge is 0.140 e. The highest BCUT2D eigenvalue weighted by Crippen LogP contribution is 2.30. The summed E-state index contributed by atoms with van der Waals surface area (Å²) in [5.74, 6) is -1.15. The number of halogens is 2. The van der Waals surface area contributed by atoms with E-state index in [9.17, 15) is 8.78 Å². The van der Waals surface area contributed by atoms with E-state index in [1.165, 1.54) is 23.9 Å². The molecule has 0 radical (unpaired) electrons. The molecular formula is C14H14F2N2S. The molecule has 0 aliphatic heterocycles. The highest BCUT2D eigenvalue weighted by Gasteiger charge is 2.08. The van der Waals surface area contributed by atoms with E-state index >= 15 is 0 Å². The molecule has 1 atom stereocenters. The molecule has 0 aliphatic carbocycles. The fourth-order valence-electron chi connectivity index (χ4n) is 1.57. The van der Waals surface area contributed by atoms with Gasteiger partial charge in [0.05, 0.1) is 5.69 Å². The van der Waals surface area contributed by atoms with Gasteiger partial charge in [-0.15, -0.1) is 0 Å². The van der Waals surface area contributed by atoms with Gasteiger partial charge in [-0.1, -0.05) is 18.7 Å². The lowest BCUT2D eigenvalue weighted by atomic mass is 10.1. The number of hydrogen-bond acceptors (Lipinski definition) is 3. The molecule has 2 N–H and O–H groups in total. The highest BCUT2D eigenvalue weighted by atomic mass is 32.2. The molecule has 0 bridgehead atoms. The minimum Gasteiger partial charge on any atom is -0.323 e. The Bertz CT molecular complexity index is 558. The van der Waals surface area contributed by atoms with Crippen molar-refractivity contribution < 1.29 is 8.78 Å². The molecule has 0 saturated carbocycles. The molecule has 0 spiro atoms. The van der Waals surface area contributed by atoms with Crippen LogP contribution in [-0.4, -0.2) is 4.98 Å². The fraction of sp³-hybridized carbons (Fsp3) is 0.214. The minimum absolute atomic E-state index is 0.0818. The van der Waals surface area contributed by atoms with Crippen molar-refractivity contribution in [1.29, 1.82) is 0 Å². The van der Waals surface area contributed by atoms with Crippen LogP contribution < -0.4 is 5.73 Å². The minimum atomic E-state index is -0.579. The molecule has 1 heterocycles. The second kappa shape index (κ2) is 6.12. The van der Waals surface area contributed by atoms with Crippen LogP contribution in [0.15, 0.2) is 46.3 Å². The average Bonchev–Trinajstić information content (AvgIpc) is 2.42. The van der Waals surface area contributed by atoms with Crippen LogP contribution in [0.1, 0.15) is 25.1 Å². The van der Waals surface area contributed by atoms with E-state index in [0.29, 0.717) is 4.90 Å². The van der Waals surface area contributed by atoms with E-state index < -0.39 is 11.6 Å². The fourth-order valence-corrected chi connectivity index (χ4v) is 2.35. The number of aromatic nitrogens is 1. The summed E-state index contributed by atoms with van der Waals surface area (Å²) in [6, 6.07) is 7.11. The van der Waals surface area contributed by atoms with E-state index in [-0.39, 0.29) is 6.04 Å². The SMILES string of the molecule is CCC(N)c1ccc(Sc2ccc(F)cc2F)cn1. The van der Waals surface area contributed by atoms with E-state index in [2.05, 4.69) is 4.98 Å². The van der Waals surface area contributed by atoms with Gasteiger partial charge < -0.3 is 5.73 Å². The lowest BCUT2D eigenvalue weighted by molar-refractivity contribution is 0.565. The zero-order chi connectivity index (χ0) is 13.8. The summed E-state index contributed by atoms with van der Waals surface area (Å²) in [6.45, 7) is 1.99. The van der Waals surface area contributed by atoms with Gasteiger partial charge in [-0.3, -0.25) is 4.98 Å². The first-order chi connectivity index (χ1) is 9.10. The van der Waals surface area contributed by atoms with Gasteiger partial charge in [-0.25, -0.2) is 8.78 Å². The van der Waals surface area contributed by atoms with Gasteiger partial charge in [0.2, 0.25) is 0 Å². The number of pyridine rings is 1. The van der Waals surface area contributed by atoms with Crippen molar-refractivity contribution in [2.24, 2.45) is 5.73 Å². The van der Waals surface area contributed by atoms with Crippen molar-refractivity contribution in [3.63, 3.8) is 0 Å². The molecule has 0 fully saturated rings. The Kier molecular flexibility index (Phi) is 4.50. The van der Waals surface area contributed by atoms with Gasteiger partial charge in [-0.2, -0.15) is 0 Å². The number of benzene rings is 1. The maximum Gasteiger partial charge on any atom is 0.140 e. The summed E-state index contributed by atoms with van der Waals surface area (Å²) in [5.41, 5.74) is 6.68. The molecule has 2 nitrogen and oxygen atoms in total. The van der Waals surface area contributed by atoms with E-state index in [1.807, 2.05) is 19.1 Å². The van der Waals surface area contributed by atoms with Crippen LogP contribution in [0, 0.1) is 11.6 Å². The van der Waals surface area contributed by atoms with Gasteiger partial charge in [0.15, 0.2) is 0 Å². The number of nitrogens with zero attached hydrogens (tertiary/aromatic N) is 1. The molecule has 19 heavy (non-hydrogen) atoms. The molecule has 2 rings (SSSR count). The van der Waals surface area contributed by atoms with Crippen LogP contribution in [-0.2, 0) is 0 Å². The van der Waals surface area contributed by atoms with Crippen molar-refractivity contribution in [3.8, 4) is 0 Å². The van der Waals surface area contributed by atoms with Gasteiger partial charge in [0.25, 0.3) is 0 Å². The highest BCUT2D eigenvalue weighted by molar-refractivity contribution is 7.99. The van der Waals surface area contributed by atoms with Crippen molar-refractivity contribution in [2.45, 2.75) is 29.2 Å². The molecule has 2 aromatic rings. The lowest BCUT2D eigenvalue weighted by Gasteiger charge is -2.08. The van der Waals surface area contributed by atoms with Crippen molar-refractivity contribution in [2.75, 3.05) is 0 Å². The van der Waals surface area contributed by atoms with Crippen molar-refractivity contribution in [3.05, 3.63) is 53.9 Å². The molecule has 0 saturated heterocycles. The average molecular weight is 280 g/mol. The topological polar surface area (TPSA) is 38.9 Å². The summed E-state index contributed by atoms with van der Waals surface area (Å²) in [5, 5.41) is 0. The van der Waals surface area contributed by atoms with Crippen LogP contribution in [0.5, 0.6) is 0 Å². The third-order valence-electron chi connectivity index (χ3n) is 2.70. The second-order valence-electron chi connectivity index (χ2n) is 4.11. The van der Waals surface area contributed by atoms with E-state index in [4.69, 9.17) is 5.73 Å². The molecule has 1 unspecified atom stereocenters. The summed E-state index contributed by atoms with van der Waals surface area (Å²) in [4.78, 5) is 5.41. The summed E-state index contributed by atoms with van der Waals surface area (Å²) >= 11 is 1.21. The Morgan fingerprint density at radius 1 is 1.26 bits per heavy atom. The normalized spacial score (nSPS) is 12.4. The van der Waals surface area contributed by atoms with Crippen LogP contribution in [0.2, 0.25) is 0 Å². The predicted molar refractivity (Wildman–Crippen MR) is 71.9 cm³/mol. The van der Waals surface area contributed by atoms with Gasteiger partial charge in [-0.05, 0) is 30.7 Å². The quantitative estimate of drug-likeness (QED) is 0.922. The number of rotatable bonds is 4. The molecule has 5 heteroatoms. The first-order valence-electron chi connectivity index (χ1n) is 5.94. The Morgan fingerprint density at radius 2 is 2.05 bits per heavy atom. The standard InChI is InChI=1S/C14H14F2N2S/c1-2-12(17)13-5-4-10(8-18-13)19-14-6-3-9(15)7-11(14)16/h3-8,12H,2,17H2,1H3. The number of hydrogen-bond donors (Lipinski definition) is 1. The van der Waals surface area contributed by atoms with Gasteiger partial charge in [0, 0.05) is 28.1 Å². The van der Waals surface area contributed by atoms with Crippen LogP contribution >= 0.6 is 11.8 Å². The first kappa shape index (κ1) is 14.0. The molecule has 1 aromatic heterocycles. The number of nitrogens with two attached hydrogens (primary N) is 1. The van der Waals surface area contributed by atoms with Crippen molar-refractivity contribution >= 4 is 11.8 Å². The third kappa shape index (κ3) is 3.52. The third-order valence-corrected chi connectivity index (χ3v) is 3.73. The molecular weight excluding hydrogens is 266 g/mol. The van der Waals surface area contributed by atoms with Gasteiger partial charge in [0.1, 0.15) is 11.6 Å². The Labute approximate surface area is 115 Å². The zero-order valence-corrected chi connectivity index (χ0v) is 11.3. The molecule has 100 valence electrons. The summed E-state index contributed by atoms with van der Waals surface area (Å²) in [7, 11) is 0. The molecule has 1 aromatic carbocycles. The maximum absolute atomic E-state index is 13.5. The van der Waals surface area contributed by atoms with Gasteiger partial charge >= 0.3 is 0 Å². The first-order valence-corrected chi connectivity index (χ1v) is 6.76. The Balaban J connectivity index is 2.15. The summed E-state index contributed by atoms with van der Waals surface area (Å²) in [6.07, 6.45) is 2.46. The largest absolute Gasteiger partial charge is 0.323 e. The van der Waals surface area contributed by atoms with Crippen LogP contribution in [0.4, 0.5) is 8.78 Å². The lowest BCUT2D eigenvalue weighted by Crippen LogP contribution is -2.10. The Morgan fingerprint density at radius 3 is 2.63 bits per heavy atom. The van der Waals surface area contributed by atoms with Crippen LogP contribution in [0.25, 0.3) is 0 Å². The van der Waals surface area contributed by atoms with Crippen LogP contribution in [0.3, 0.4) is 0 Å². The van der Waals surface area contributed by atoms with E-state index in [0.717, 1.165) is 23.1 Å². The van der Waals surface area contributed by atoms with E-state index in [1.54, 1.807) is 6.20 Å². The van der Waals surface area contributed by atoms with Crippen molar-refractivity contribution in [1.82, 2.24) is 4.98 Å².